The number of anilines is 3. The summed E-state index contributed by atoms with van der Waals surface area (Å²) < 4.78 is 13.6. The number of nitrogen functional groups attached to an aromatic ring is 2. The summed E-state index contributed by atoms with van der Waals surface area (Å²) in [5.74, 6) is -0.353. The predicted molar refractivity (Wildman–Crippen MR) is 108 cm³/mol. The topological polar surface area (TPSA) is 112 Å². The number of pyridine rings is 1. The van der Waals surface area contributed by atoms with Crippen molar-refractivity contribution in [2.45, 2.75) is 25.2 Å². The lowest BCUT2D eigenvalue weighted by Gasteiger charge is -2.43. The number of nitrogens with two attached hydrogens (primary N) is 2. The lowest BCUT2D eigenvalue weighted by molar-refractivity contribution is -0.116. The number of hydrogen-bond donors (Lipinski definition) is 2. The second-order valence-electron chi connectivity index (χ2n) is 7.42. The van der Waals surface area contributed by atoms with Crippen molar-refractivity contribution in [3.8, 4) is 6.07 Å². The molecule has 4 rings (SSSR count). The summed E-state index contributed by atoms with van der Waals surface area (Å²) in [5, 5.41) is 13.2. The molecule has 4 N–H and O–H groups in total. The lowest BCUT2D eigenvalue weighted by Crippen LogP contribution is -2.44. The second kappa shape index (κ2) is 6.87. The number of aromatic nitrogens is 1. The largest absolute Gasteiger partial charge is 0.397 e. The van der Waals surface area contributed by atoms with Gasteiger partial charge in [0.25, 0.3) is 0 Å². The highest BCUT2D eigenvalue weighted by atomic mass is 19.1. The summed E-state index contributed by atoms with van der Waals surface area (Å²) in [6.45, 7) is 0. The number of fused-ring (bicyclic) bond motifs is 1. The third-order valence-corrected chi connectivity index (χ3v) is 5.46. The Kier molecular flexibility index (Phi) is 4.47. The van der Waals surface area contributed by atoms with E-state index in [4.69, 9.17) is 11.5 Å². The van der Waals surface area contributed by atoms with Crippen molar-refractivity contribution in [1.29, 1.82) is 5.26 Å². The van der Waals surface area contributed by atoms with Gasteiger partial charge in [-0.15, -0.1) is 0 Å². The van der Waals surface area contributed by atoms with Crippen LogP contribution in [0.5, 0.6) is 0 Å². The van der Waals surface area contributed by atoms with Gasteiger partial charge in [-0.2, -0.15) is 5.26 Å². The number of halogens is 1. The Bertz CT molecular complexity index is 1080. The van der Waals surface area contributed by atoms with Crippen molar-refractivity contribution < 1.29 is 9.18 Å². The molecule has 2 aromatic rings. The maximum Gasteiger partial charge on any atom is 0.161 e. The minimum Gasteiger partial charge on any atom is -0.397 e. The highest BCUT2D eigenvalue weighted by Crippen LogP contribution is 2.50. The molecule has 1 aliphatic carbocycles. The zero-order valence-electron chi connectivity index (χ0n) is 16.2. The Labute approximate surface area is 168 Å². The minimum atomic E-state index is -0.537. The van der Waals surface area contributed by atoms with E-state index in [0.29, 0.717) is 29.8 Å². The number of ketones is 1. The van der Waals surface area contributed by atoms with Crippen molar-refractivity contribution in [1.82, 2.24) is 9.99 Å². The Morgan fingerprint density at radius 3 is 2.55 bits per heavy atom. The van der Waals surface area contributed by atoms with Crippen molar-refractivity contribution in [3.05, 3.63) is 58.0 Å². The SMILES string of the molecule is CN(C)N1C2=C(C(=O)CCC2)C(c2ccc(F)cc2)c2c1nc(N)c(C#N)c2N. The zero-order valence-corrected chi connectivity index (χ0v) is 16.2. The Morgan fingerprint density at radius 2 is 1.93 bits per heavy atom. The molecule has 0 bridgehead atoms. The summed E-state index contributed by atoms with van der Waals surface area (Å²) in [4.78, 5) is 17.6. The van der Waals surface area contributed by atoms with Gasteiger partial charge in [-0.25, -0.2) is 14.4 Å². The van der Waals surface area contributed by atoms with E-state index in [1.165, 1.54) is 12.1 Å². The maximum atomic E-state index is 13.6. The van der Waals surface area contributed by atoms with Crippen LogP contribution in [0, 0.1) is 17.1 Å². The quantitative estimate of drug-likeness (QED) is 0.808. The molecule has 1 aromatic carbocycles. The van der Waals surface area contributed by atoms with E-state index in [9.17, 15) is 14.4 Å². The van der Waals surface area contributed by atoms with Gasteiger partial charge < -0.3 is 11.5 Å². The predicted octanol–water partition coefficient (Wildman–Crippen LogP) is 2.69. The van der Waals surface area contributed by atoms with Crippen LogP contribution in [0.4, 0.5) is 21.7 Å². The number of benzene rings is 1. The van der Waals surface area contributed by atoms with Gasteiger partial charge in [0.15, 0.2) is 11.6 Å². The van der Waals surface area contributed by atoms with Crippen LogP contribution in [-0.2, 0) is 4.79 Å². The first kappa shape index (κ1) is 18.9. The number of hydrogen-bond acceptors (Lipinski definition) is 7. The van der Waals surface area contributed by atoms with E-state index in [1.54, 1.807) is 12.1 Å². The molecule has 29 heavy (non-hydrogen) atoms. The van der Waals surface area contributed by atoms with Gasteiger partial charge in [0, 0.05) is 43.3 Å². The van der Waals surface area contributed by atoms with Crippen molar-refractivity contribution in [3.63, 3.8) is 0 Å². The molecule has 7 nitrogen and oxygen atoms in total. The second-order valence-corrected chi connectivity index (χ2v) is 7.42. The van der Waals surface area contributed by atoms with Gasteiger partial charge in [0.05, 0.1) is 5.69 Å². The van der Waals surface area contributed by atoms with E-state index >= 15 is 0 Å². The fraction of sp³-hybridized carbons (Fsp3) is 0.286. The summed E-state index contributed by atoms with van der Waals surface area (Å²) in [6, 6.07) is 8.01. The summed E-state index contributed by atoms with van der Waals surface area (Å²) in [6.07, 6.45) is 1.85. The molecule has 0 fully saturated rings. The molecule has 0 radical (unpaired) electrons. The van der Waals surface area contributed by atoms with Crippen molar-refractivity contribution in [2.24, 2.45) is 0 Å². The third kappa shape index (κ3) is 2.82. The standard InChI is InChI=1S/C21H21FN6O/c1-27(2)28-14-4-3-5-15(29)17(14)16(11-6-8-12(22)9-7-11)18-19(24)13(10-23)20(25)26-21(18)28/h6-9,16H,3-5H2,1-2H3,(H4,24,25,26). The molecular weight excluding hydrogens is 371 g/mol. The molecule has 0 spiro atoms. The Balaban J connectivity index is 2.10. The van der Waals surface area contributed by atoms with Gasteiger partial charge in [0.1, 0.15) is 23.3 Å². The van der Waals surface area contributed by atoms with Crippen LogP contribution in [0.3, 0.4) is 0 Å². The Hall–Kier alpha value is -3.44. The van der Waals surface area contributed by atoms with Crippen molar-refractivity contribution in [2.75, 3.05) is 30.6 Å². The smallest absolute Gasteiger partial charge is 0.161 e. The van der Waals surface area contributed by atoms with Gasteiger partial charge in [0.2, 0.25) is 0 Å². The number of Topliss-reactive ketones (excluding diaryl/α,β-unsaturated/α-hetero) is 1. The van der Waals surface area contributed by atoms with Gasteiger partial charge in [-0.05, 0) is 30.5 Å². The zero-order chi connectivity index (χ0) is 20.9. The number of nitriles is 1. The molecule has 1 aliphatic heterocycles. The highest BCUT2D eigenvalue weighted by molar-refractivity contribution is 6.02. The number of hydrazine groups is 1. The Morgan fingerprint density at radius 1 is 1.24 bits per heavy atom. The summed E-state index contributed by atoms with van der Waals surface area (Å²) >= 11 is 0. The molecule has 0 saturated heterocycles. The monoisotopic (exact) mass is 392 g/mol. The maximum absolute atomic E-state index is 13.6. The van der Waals surface area contributed by atoms with E-state index < -0.39 is 5.92 Å². The highest BCUT2D eigenvalue weighted by Gasteiger charge is 2.42. The van der Waals surface area contributed by atoms with E-state index in [1.807, 2.05) is 30.2 Å². The lowest BCUT2D eigenvalue weighted by atomic mass is 9.75. The molecule has 1 atom stereocenters. The number of nitrogens with zero attached hydrogens (tertiary/aromatic N) is 4. The third-order valence-electron chi connectivity index (χ3n) is 5.46. The summed E-state index contributed by atoms with van der Waals surface area (Å²) in [5.41, 5.74) is 15.4. The normalized spacial score (nSPS) is 18.5. The van der Waals surface area contributed by atoms with E-state index in [0.717, 1.165) is 17.7 Å². The van der Waals surface area contributed by atoms with E-state index in [2.05, 4.69) is 4.98 Å². The van der Waals surface area contributed by atoms with Crippen LogP contribution in [0.1, 0.15) is 41.9 Å². The van der Waals surface area contributed by atoms with Gasteiger partial charge in [-0.3, -0.25) is 9.80 Å². The minimum absolute atomic E-state index is 0.0211. The molecule has 1 unspecified atom stereocenters. The molecule has 0 amide bonds. The average Bonchev–Trinajstić information content (AvgIpc) is 2.67. The van der Waals surface area contributed by atoms with Crippen molar-refractivity contribution >= 4 is 23.1 Å². The number of carbonyl (C=O) groups is 1. The molecule has 2 aliphatic rings. The molecule has 148 valence electrons. The fourth-order valence-electron chi connectivity index (χ4n) is 4.27. The van der Waals surface area contributed by atoms with Crippen LogP contribution >= 0.6 is 0 Å². The van der Waals surface area contributed by atoms with Crippen LogP contribution in [0.15, 0.2) is 35.5 Å². The van der Waals surface area contributed by atoms with Crippen LogP contribution in [0.2, 0.25) is 0 Å². The van der Waals surface area contributed by atoms with Gasteiger partial charge >= 0.3 is 0 Å². The average molecular weight is 392 g/mol. The molecule has 1 aromatic heterocycles. The molecule has 2 heterocycles. The van der Waals surface area contributed by atoms with E-state index in [-0.39, 0.29) is 28.7 Å². The first-order valence-corrected chi connectivity index (χ1v) is 9.33. The molecule has 8 heteroatoms. The number of carbonyl (C=O) groups excluding carboxylic acids is 1. The summed E-state index contributed by atoms with van der Waals surface area (Å²) in [7, 11) is 3.69. The molecular formula is C21H21FN6O. The molecule has 0 saturated carbocycles. The van der Waals surface area contributed by atoms with Gasteiger partial charge in [-0.1, -0.05) is 12.1 Å². The van der Waals surface area contributed by atoms with Crippen LogP contribution < -0.4 is 16.5 Å². The first-order chi connectivity index (χ1) is 13.8. The fourth-order valence-corrected chi connectivity index (χ4v) is 4.27. The first-order valence-electron chi connectivity index (χ1n) is 9.33. The number of rotatable bonds is 2. The number of allylic oxidation sites excluding steroid dienone is 2. The van der Waals surface area contributed by atoms with Crippen LogP contribution in [0.25, 0.3) is 0 Å². The van der Waals surface area contributed by atoms with Crippen LogP contribution in [-0.4, -0.2) is 29.9 Å².